The van der Waals surface area contributed by atoms with Gasteiger partial charge in [-0.2, -0.15) is 0 Å². The number of fused-ring (bicyclic) bond motifs is 5. The Hall–Kier alpha value is -2.34. The molecule has 2 amide bonds. The summed E-state index contributed by atoms with van der Waals surface area (Å²) in [6.45, 7) is 10.5. The first-order chi connectivity index (χ1) is 17.7. The molecule has 6 heteroatoms. The predicted octanol–water partition coefficient (Wildman–Crippen LogP) is 5.46. The molecule has 0 radical (unpaired) electrons. The van der Waals surface area contributed by atoms with Gasteiger partial charge in [-0.1, -0.05) is 19.4 Å². The van der Waals surface area contributed by atoms with Crippen LogP contribution in [0.5, 0.6) is 0 Å². The number of nitrogens with one attached hydrogen (secondary N) is 1. The van der Waals surface area contributed by atoms with Crippen LogP contribution in [-0.4, -0.2) is 50.1 Å². The minimum Gasteiger partial charge on any atom is -0.378 e. The van der Waals surface area contributed by atoms with Crippen LogP contribution in [0.2, 0.25) is 0 Å². The number of morpholine rings is 1. The number of anilines is 2. The lowest BCUT2D eigenvalue weighted by molar-refractivity contribution is -0.137. The van der Waals surface area contributed by atoms with Crippen molar-refractivity contribution in [3.63, 3.8) is 0 Å². The molecule has 1 aromatic rings. The third kappa shape index (κ3) is 3.93. The number of hydrogen-bond donors (Lipinski definition) is 1. The second-order valence-electron chi connectivity index (χ2n) is 12.9. The van der Waals surface area contributed by atoms with Crippen molar-refractivity contribution in [1.82, 2.24) is 4.90 Å². The number of benzene rings is 1. The Morgan fingerprint density at radius 3 is 2.49 bits per heavy atom. The molecule has 6 rings (SSSR count). The average Bonchev–Trinajstić information content (AvgIpc) is 3.25. The fraction of sp³-hybridized carbons (Fsp3) is 0.677. The van der Waals surface area contributed by atoms with Gasteiger partial charge in [0.2, 0.25) is 11.8 Å². The van der Waals surface area contributed by atoms with Crippen LogP contribution in [0.1, 0.15) is 65.7 Å². The Balaban J connectivity index is 1.18. The highest BCUT2D eigenvalue weighted by Gasteiger charge is 2.61. The van der Waals surface area contributed by atoms with E-state index in [9.17, 15) is 9.59 Å². The molecule has 6 nitrogen and oxygen atoms in total. The minimum absolute atomic E-state index is 0.0452. The maximum atomic E-state index is 13.7. The van der Waals surface area contributed by atoms with Gasteiger partial charge in [-0.25, -0.2) is 0 Å². The van der Waals surface area contributed by atoms with E-state index in [1.54, 1.807) is 0 Å². The summed E-state index contributed by atoms with van der Waals surface area (Å²) in [7, 11) is 1.98. The van der Waals surface area contributed by atoms with Crippen molar-refractivity contribution in [2.75, 3.05) is 43.6 Å². The van der Waals surface area contributed by atoms with Crippen LogP contribution in [0, 0.1) is 34.5 Å². The molecule has 0 aromatic heterocycles. The molecule has 0 spiro atoms. The fourth-order valence-electron chi connectivity index (χ4n) is 9.35. The zero-order chi connectivity index (χ0) is 25.9. The molecule has 4 fully saturated rings. The number of carbonyl (C=O) groups excluding carboxylic acids is 2. The summed E-state index contributed by atoms with van der Waals surface area (Å²) >= 11 is 0. The van der Waals surface area contributed by atoms with E-state index >= 15 is 0 Å². The first-order valence-corrected chi connectivity index (χ1v) is 14.4. The van der Waals surface area contributed by atoms with Crippen LogP contribution >= 0.6 is 0 Å². The molecule has 2 saturated carbocycles. The Morgan fingerprint density at radius 1 is 1.03 bits per heavy atom. The minimum atomic E-state index is 0.0452. The summed E-state index contributed by atoms with van der Waals surface area (Å²) in [4.78, 5) is 30.5. The lowest BCUT2D eigenvalue weighted by Gasteiger charge is -2.59. The zero-order valence-electron chi connectivity index (χ0n) is 23.0. The molecule has 6 atom stereocenters. The van der Waals surface area contributed by atoms with E-state index in [4.69, 9.17) is 4.74 Å². The van der Waals surface area contributed by atoms with Gasteiger partial charge in [0.15, 0.2) is 0 Å². The molecule has 5 aliphatic rings. The van der Waals surface area contributed by atoms with Gasteiger partial charge in [-0.05, 0) is 92.9 Å². The van der Waals surface area contributed by atoms with Gasteiger partial charge in [0.1, 0.15) is 0 Å². The smallest absolute Gasteiger partial charge is 0.228 e. The van der Waals surface area contributed by atoms with Gasteiger partial charge in [-0.3, -0.25) is 9.59 Å². The quantitative estimate of drug-likeness (QED) is 0.593. The van der Waals surface area contributed by atoms with Crippen molar-refractivity contribution in [3.05, 3.63) is 35.5 Å². The van der Waals surface area contributed by atoms with Crippen LogP contribution in [0.15, 0.2) is 35.5 Å². The first kappa shape index (κ1) is 25.0. The summed E-state index contributed by atoms with van der Waals surface area (Å²) in [6.07, 6.45) is 7.08. The molecule has 1 N–H and O–H groups in total. The molecular weight excluding hydrogens is 462 g/mol. The predicted molar refractivity (Wildman–Crippen MR) is 146 cm³/mol. The standard InChI is InChI=1S/C31H43N3O3/c1-20-19-23-24-9-10-26(29(36)32-21-5-7-22(8-6-21)34-15-17-37-18-16-34)30(24,2)13-11-25(23)31(3)14-12-27(35)33(4)28(20)31/h5-8,23-26H,9-19H2,1-4H3,(H,32,36)/t23-,24-,25-,26+,30-,31+/m0/s1. The van der Waals surface area contributed by atoms with Crippen molar-refractivity contribution in [3.8, 4) is 0 Å². The van der Waals surface area contributed by atoms with Gasteiger partial charge in [0, 0.05) is 55.0 Å². The van der Waals surface area contributed by atoms with E-state index in [0.717, 1.165) is 70.5 Å². The largest absolute Gasteiger partial charge is 0.378 e. The second-order valence-corrected chi connectivity index (χ2v) is 12.9. The number of piperidine rings is 1. The molecule has 0 bridgehead atoms. The van der Waals surface area contributed by atoms with Crippen molar-refractivity contribution in [1.29, 1.82) is 0 Å². The van der Waals surface area contributed by atoms with Crippen LogP contribution in [-0.2, 0) is 14.3 Å². The number of hydrogen-bond acceptors (Lipinski definition) is 4. The number of nitrogens with zero attached hydrogens (tertiary/aromatic N) is 2. The van der Waals surface area contributed by atoms with E-state index < -0.39 is 0 Å². The summed E-state index contributed by atoms with van der Waals surface area (Å²) in [5.41, 5.74) is 4.92. The van der Waals surface area contributed by atoms with Crippen LogP contribution in [0.3, 0.4) is 0 Å². The monoisotopic (exact) mass is 505 g/mol. The maximum Gasteiger partial charge on any atom is 0.228 e. The van der Waals surface area contributed by atoms with Gasteiger partial charge in [0.25, 0.3) is 0 Å². The molecule has 2 heterocycles. The number of likely N-dealkylation sites (tertiary alicyclic amines) is 1. The molecule has 1 aromatic carbocycles. The van der Waals surface area contributed by atoms with Crippen molar-refractivity contribution in [2.24, 2.45) is 34.5 Å². The maximum absolute atomic E-state index is 13.7. The van der Waals surface area contributed by atoms with E-state index in [1.807, 2.05) is 24.1 Å². The number of ether oxygens (including phenoxy) is 1. The fourth-order valence-corrected chi connectivity index (χ4v) is 9.35. The highest BCUT2D eigenvalue weighted by Crippen LogP contribution is 2.66. The third-order valence-electron chi connectivity index (χ3n) is 11.1. The molecular formula is C31H43N3O3. The topological polar surface area (TPSA) is 61.9 Å². The van der Waals surface area contributed by atoms with E-state index in [2.05, 4.69) is 43.1 Å². The number of carbonyl (C=O) groups is 2. The summed E-state index contributed by atoms with van der Waals surface area (Å²) < 4.78 is 5.47. The van der Waals surface area contributed by atoms with E-state index in [-0.39, 0.29) is 28.6 Å². The molecule has 37 heavy (non-hydrogen) atoms. The molecule has 2 saturated heterocycles. The average molecular weight is 506 g/mol. The summed E-state index contributed by atoms with van der Waals surface area (Å²) in [6, 6.07) is 8.33. The van der Waals surface area contributed by atoms with Crippen LogP contribution in [0.25, 0.3) is 0 Å². The van der Waals surface area contributed by atoms with Crippen molar-refractivity contribution >= 4 is 23.2 Å². The number of allylic oxidation sites excluding steroid dienone is 2. The van der Waals surface area contributed by atoms with Gasteiger partial charge < -0.3 is 19.9 Å². The lowest BCUT2D eigenvalue weighted by Crippen LogP contribution is -2.54. The van der Waals surface area contributed by atoms with Crippen molar-refractivity contribution < 1.29 is 14.3 Å². The Labute approximate surface area is 221 Å². The Kier molecular flexibility index (Phi) is 6.17. The third-order valence-corrected chi connectivity index (χ3v) is 11.1. The molecule has 2 aliphatic heterocycles. The number of rotatable bonds is 3. The van der Waals surface area contributed by atoms with E-state index in [1.165, 1.54) is 17.0 Å². The SMILES string of the molecule is CC1=C2N(C)C(=O)CC[C@]2(C)[C@H]2CC[C@]3(C)[C@@H](C(=O)Nc4ccc(N5CCOCC5)cc4)CC[C@H]3[C@@H]2C1. The van der Waals surface area contributed by atoms with Gasteiger partial charge in [-0.15, -0.1) is 0 Å². The van der Waals surface area contributed by atoms with Gasteiger partial charge in [0.05, 0.1) is 13.2 Å². The lowest BCUT2D eigenvalue weighted by atomic mass is 9.48. The zero-order valence-corrected chi connectivity index (χ0v) is 23.0. The Bertz CT molecular complexity index is 1110. The summed E-state index contributed by atoms with van der Waals surface area (Å²) in [5, 5.41) is 3.28. The first-order valence-electron chi connectivity index (χ1n) is 14.4. The van der Waals surface area contributed by atoms with Gasteiger partial charge >= 0.3 is 0 Å². The number of amides is 2. The highest BCUT2D eigenvalue weighted by molar-refractivity contribution is 5.93. The van der Waals surface area contributed by atoms with Crippen LogP contribution < -0.4 is 10.2 Å². The van der Waals surface area contributed by atoms with E-state index in [0.29, 0.717) is 24.2 Å². The normalized spacial score (nSPS) is 37.7. The summed E-state index contributed by atoms with van der Waals surface area (Å²) in [5.74, 6) is 2.31. The molecule has 3 aliphatic carbocycles. The molecule has 0 unspecified atom stereocenters. The highest BCUT2D eigenvalue weighted by atomic mass is 16.5. The molecule has 200 valence electrons. The van der Waals surface area contributed by atoms with Crippen LogP contribution in [0.4, 0.5) is 11.4 Å². The Morgan fingerprint density at radius 2 is 1.76 bits per heavy atom. The van der Waals surface area contributed by atoms with Crippen molar-refractivity contribution in [2.45, 2.75) is 65.7 Å². The second kappa shape index (κ2) is 9.14.